The zero-order chi connectivity index (χ0) is 11.8. The van der Waals surface area contributed by atoms with E-state index in [-0.39, 0.29) is 12.4 Å². The van der Waals surface area contributed by atoms with E-state index >= 15 is 0 Å². The van der Waals surface area contributed by atoms with E-state index in [4.69, 9.17) is 9.47 Å². The van der Waals surface area contributed by atoms with Crippen molar-refractivity contribution in [2.45, 2.75) is 13.3 Å². The van der Waals surface area contributed by atoms with Crippen molar-refractivity contribution in [3.63, 3.8) is 0 Å². The summed E-state index contributed by atoms with van der Waals surface area (Å²) < 4.78 is 9.91. The second-order valence-corrected chi connectivity index (χ2v) is 3.00. The fourth-order valence-corrected chi connectivity index (χ4v) is 1.19. The van der Waals surface area contributed by atoms with Crippen molar-refractivity contribution < 1.29 is 14.3 Å². The van der Waals surface area contributed by atoms with E-state index in [0.29, 0.717) is 18.1 Å². The number of carbonyl (C=O) groups excluding carboxylic acids is 1. The zero-order valence-electron chi connectivity index (χ0n) is 9.47. The van der Waals surface area contributed by atoms with Gasteiger partial charge in [0.25, 0.3) is 0 Å². The molecule has 0 saturated heterocycles. The molecule has 0 bridgehead atoms. The first-order chi connectivity index (χ1) is 7.77. The topological polar surface area (TPSA) is 48.4 Å². The maximum Gasteiger partial charge on any atom is 0.309 e. The second kappa shape index (κ2) is 6.61. The standard InChI is InChI=1S/C12H15NO3/c1-3-16-12(14)8-4-6-10-11(15-2)7-5-9-13-10/h4-7,9H,3,8H2,1-2H3. The van der Waals surface area contributed by atoms with Crippen LogP contribution in [0.25, 0.3) is 6.08 Å². The van der Waals surface area contributed by atoms with Gasteiger partial charge in [0, 0.05) is 6.20 Å². The van der Waals surface area contributed by atoms with E-state index in [9.17, 15) is 4.79 Å². The smallest absolute Gasteiger partial charge is 0.309 e. The fourth-order valence-electron chi connectivity index (χ4n) is 1.19. The molecule has 1 aromatic heterocycles. The molecule has 0 aliphatic rings. The molecule has 0 amide bonds. The monoisotopic (exact) mass is 221 g/mol. The Hall–Kier alpha value is -1.84. The number of carbonyl (C=O) groups is 1. The SMILES string of the molecule is CCOC(=O)CC=Cc1ncccc1OC. The predicted molar refractivity (Wildman–Crippen MR) is 61.1 cm³/mol. The van der Waals surface area contributed by atoms with Crippen molar-refractivity contribution in [1.82, 2.24) is 4.98 Å². The number of methoxy groups -OCH3 is 1. The van der Waals surface area contributed by atoms with Gasteiger partial charge in [0.05, 0.1) is 20.1 Å². The third kappa shape index (κ3) is 3.73. The lowest BCUT2D eigenvalue weighted by Gasteiger charge is -2.02. The van der Waals surface area contributed by atoms with Gasteiger partial charge in [-0.25, -0.2) is 0 Å². The normalized spacial score (nSPS) is 10.4. The van der Waals surface area contributed by atoms with Gasteiger partial charge in [-0.3, -0.25) is 9.78 Å². The lowest BCUT2D eigenvalue weighted by Crippen LogP contribution is -2.01. The zero-order valence-corrected chi connectivity index (χ0v) is 9.47. The molecule has 0 fully saturated rings. The molecule has 4 heteroatoms. The molecule has 0 aliphatic carbocycles. The van der Waals surface area contributed by atoms with Gasteiger partial charge in [-0.1, -0.05) is 6.08 Å². The number of hydrogen-bond acceptors (Lipinski definition) is 4. The highest BCUT2D eigenvalue weighted by Crippen LogP contribution is 2.15. The van der Waals surface area contributed by atoms with Crippen LogP contribution >= 0.6 is 0 Å². The van der Waals surface area contributed by atoms with Crippen molar-refractivity contribution in [2.24, 2.45) is 0 Å². The molecule has 0 spiro atoms. The summed E-state index contributed by atoms with van der Waals surface area (Å²) in [5.41, 5.74) is 0.703. The van der Waals surface area contributed by atoms with Crippen molar-refractivity contribution in [3.05, 3.63) is 30.1 Å². The molecule has 1 aromatic rings. The second-order valence-electron chi connectivity index (χ2n) is 3.00. The number of esters is 1. The predicted octanol–water partition coefficient (Wildman–Crippen LogP) is 2.06. The summed E-state index contributed by atoms with van der Waals surface area (Å²) in [6.07, 6.45) is 5.37. The third-order valence-electron chi connectivity index (χ3n) is 1.89. The summed E-state index contributed by atoms with van der Waals surface area (Å²) in [5.74, 6) is 0.441. The fraction of sp³-hybridized carbons (Fsp3) is 0.333. The van der Waals surface area contributed by atoms with E-state index in [2.05, 4.69) is 4.98 Å². The Labute approximate surface area is 94.9 Å². The van der Waals surface area contributed by atoms with E-state index in [0.717, 1.165) is 0 Å². The maximum atomic E-state index is 11.1. The first-order valence-electron chi connectivity index (χ1n) is 5.09. The number of nitrogens with zero attached hydrogens (tertiary/aromatic N) is 1. The molecule has 16 heavy (non-hydrogen) atoms. The first-order valence-corrected chi connectivity index (χ1v) is 5.09. The van der Waals surface area contributed by atoms with Crippen molar-refractivity contribution in [1.29, 1.82) is 0 Å². The van der Waals surface area contributed by atoms with E-state index in [1.54, 1.807) is 38.4 Å². The van der Waals surface area contributed by atoms with Gasteiger partial charge < -0.3 is 9.47 Å². The van der Waals surface area contributed by atoms with Gasteiger partial charge >= 0.3 is 5.97 Å². The van der Waals surface area contributed by atoms with Gasteiger partial charge in [0.1, 0.15) is 11.4 Å². The molecule has 0 atom stereocenters. The van der Waals surface area contributed by atoms with Crippen molar-refractivity contribution in [2.75, 3.05) is 13.7 Å². The van der Waals surface area contributed by atoms with Crippen molar-refractivity contribution >= 4 is 12.0 Å². The highest BCUT2D eigenvalue weighted by Gasteiger charge is 2.00. The summed E-state index contributed by atoms with van der Waals surface area (Å²) in [7, 11) is 1.58. The van der Waals surface area contributed by atoms with Gasteiger partial charge in [0.15, 0.2) is 0 Å². The molecule has 0 aromatic carbocycles. The Morgan fingerprint density at radius 3 is 3.06 bits per heavy atom. The van der Waals surface area contributed by atoms with Crippen LogP contribution in [-0.4, -0.2) is 24.7 Å². The molecule has 0 aliphatic heterocycles. The first kappa shape index (κ1) is 12.2. The molecular weight excluding hydrogens is 206 g/mol. The van der Waals surface area contributed by atoms with E-state index in [1.165, 1.54) is 0 Å². The quantitative estimate of drug-likeness (QED) is 0.714. The maximum absolute atomic E-state index is 11.1. The van der Waals surface area contributed by atoms with Gasteiger partial charge in [-0.15, -0.1) is 0 Å². The Bertz CT molecular complexity index is 374. The van der Waals surface area contributed by atoms with E-state index < -0.39 is 0 Å². The van der Waals surface area contributed by atoms with Crippen LogP contribution in [0.1, 0.15) is 19.0 Å². The molecular formula is C12H15NO3. The molecule has 0 radical (unpaired) electrons. The Kier molecular flexibility index (Phi) is 5.05. The molecule has 4 nitrogen and oxygen atoms in total. The average molecular weight is 221 g/mol. The Balaban J connectivity index is 2.58. The molecule has 86 valence electrons. The Morgan fingerprint density at radius 2 is 2.38 bits per heavy atom. The summed E-state index contributed by atoms with van der Waals surface area (Å²) >= 11 is 0. The molecule has 0 N–H and O–H groups in total. The van der Waals surface area contributed by atoms with Crippen LogP contribution < -0.4 is 4.74 Å². The highest BCUT2D eigenvalue weighted by atomic mass is 16.5. The van der Waals surface area contributed by atoms with Crippen LogP contribution in [0.4, 0.5) is 0 Å². The van der Waals surface area contributed by atoms with Crippen molar-refractivity contribution in [3.8, 4) is 5.75 Å². The minimum absolute atomic E-state index is 0.242. The molecule has 0 unspecified atom stereocenters. The highest BCUT2D eigenvalue weighted by molar-refractivity contribution is 5.72. The number of aromatic nitrogens is 1. The summed E-state index contributed by atoms with van der Waals surface area (Å²) in [6.45, 7) is 2.18. The van der Waals surface area contributed by atoms with Gasteiger partial charge in [0.2, 0.25) is 0 Å². The molecule has 1 rings (SSSR count). The summed E-state index contributed by atoms with van der Waals surface area (Å²) in [6, 6.07) is 3.61. The summed E-state index contributed by atoms with van der Waals surface area (Å²) in [4.78, 5) is 15.2. The number of rotatable bonds is 5. The summed E-state index contributed by atoms with van der Waals surface area (Å²) in [5, 5.41) is 0. The van der Waals surface area contributed by atoms with Gasteiger partial charge in [-0.05, 0) is 25.1 Å². The molecule has 0 saturated carbocycles. The van der Waals surface area contributed by atoms with Crippen LogP contribution in [0.15, 0.2) is 24.4 Å². The Morgan fingerprint density at radius 1 is 1.56 bits per heavy atom. The van der Waals surface area contributed by atoms with Crippen LogP contribution in [-0.2, 0) is 9.53 Å². The minimum atomic E-state index is -0.242. The number of pyridine rings is 1. The van der Waals surface area contributed by atoms with E-state index in [1.807, 2.05) is 6.07 Å². The largest absolute Gasteiger partial charge is 0.494 e. The van der Waals surface area contributed by atoms with Crippen LogP contribution in [0.2, 0.25) is 0 Å². The average Bonchev–Trinajstić information content (AvgIpc) is 2.30. The molecule has 1 heterocycles. The minimum Gasteiger partial charge on any atom is -0.494 e. The van der Waals surface area contributed by atoms with Gasteiger partial charge in [-0.2, -0.15) is 0 Å². The number of hydrogen-bond donors (Lipinski definition) is 0. The third-order valence-corrected chi connectivity index (χ3v) is 1.89. The van der Waals surface area contributed by atoms with Crippen LogP contribution in [0.3, 0.4) is 0 Å². The lowest BCUT2D eigenvalue weighted by molar-refractivity contribution is -0.142. The van der Waals surface area contributed by atoms with Crippen LogP contribution in [0.5, 0.6) is 5.75 Å². The lowest BCUT2D eigenvalue weighted by atomic mass is 10.3. The number of ether oxygens (including phenoxy) is 2. The van der Waals surface area contributed by atoms with Crippen LogP contribution in [0, 0.1) is 0 Å².